The van der Waals surface area contributed by atoms with E-state index < -0.39 is 0 Å². The molecular formula is C14H30N4. The molecule has 4 nitrogen and oxygen atoms in total. The van der Waals surface area contributed by atoms with Crippen molar-refractivity contribution in [3.8, 4) is 0 Å². The first-order valence-electron chi connectivity index (χ1n) is 7.12. The van der Waals surface area contributed by atoms with E-state index in [1.54, 1.807) is 0 Å². The minimum absolute atomic E-state index is 0.889. The van der Waals surface area contributed by atoms with Crippen molar-refractivity contribution >= 4 is 11.4 Å². The molecule has 0 fully saturated rings. The van der Waals surface area contributed by atoms with Crippen LogP contribution in [0.15, 0.2) is 9.98 Å². The minimum Gasteiger partial charge on any atom is -0.314 e. The van der Waals surface area contributed by atoms with Crippen molar-refractivity contribution in [3.63, 3.8) is 0 Å². The molecule has 0 bridgehead atoms. The molecular weight excluding hydrogens is 224 g/mol. The Balaban J connectivity index is 3.22. The fourth-order valence-electron chi connectivity index (χ4n) is 1.30. The highest BCUT2D eigenvalue weighted by molar-refractivity contribution is 5.81. The summed E-state index contributed by atoms with van der Waals surface area (Å²) in [6.07, 6.45) is 2.11. The van der Waals surface area contributed by atoms with Gasteiger partial charge in [0.05, 0.1) is 13.1 Å². The maximum Gasteiger partial charge on any atom is 0.0513 e. The predicted molar refractivity (Wildman–Crippen MR) is 82.3 cm³/mol. The zero-order valence-electron chi connectivity index (χ0n) is 12.6. The highest BCUT2D eigenvalue weighted by Crippen LogP contribution is 1.83. The molecule has 0 radical (unpaired) electrons. The molecule has 0 aromatic carbocycles. The van der Waals surface area contributed by atoms with E-state index >= 15 is 0 Å². The SMILES string of the molecule is CCC(C)=NCCNCCNCCN=C(C)CC. The predicted octanol–water partition coefficient (Wildman–Crippen LogP) is 1.91. The quantitative estimate of drug-likeness (QED) is 0.437. The monoisotopic (exact) mass is 254 g/mol. The Labute approximate surface area is 112 Å². The molecule has 0 aliphatic carbocycles. The molecule has 0 aromatic rings. The van der Waals surface area contributed by atoms with Crippen LogP contribution < -0.4 is 10.6 Å². The summed E-state index contributed by atoms with van der Waals surface area (Å²) in [6, 6.07) is 0. The van der Waals surface area contributed by atoms with Crippen molar-refractivity contribution in [1.29, 1.82) is 0 Å². The van der Waals surface area contributed by atoms with E-state index in [1.165, 1.54) is 11.4 Å². The molecule has 0 aliphatic heterocycles. The number of hydrogen-bond donors (Lipinski definition) is 2. The fourth-order valence-corrected chi connectivity index (χ4v) is 1.30. The standard InChI is InChI=1S/C14H30N4/c1-5-13(3)17-11-9-15-7-8-16-10-12-18-14(4)6-2/h15-16H,5-12H2,1-4H3. The van der Waals surface area contributed by atoms with Gasteiger partial charge in [-0.2, -0.15) is 0 Å². The summed E-state index contributed by atoms with van der Waals surface area (Å²) in [7, 11) is 0. The van der Waals surface area contributed by atoms with Gasteiger partial charge in [0.2, 0.25) is 0 Å². The van der Waals surface area contributed by atoms with Crippen molar-refractivity contribution < 1.29 is 0 Å². The third-order valence-electron chi connectivity index (χ3n) is 2.84. The van der Waals surface area contributed by atoms with Gasteiger partial charge in [-0.15, -0.1) is 0 Å². The van der Waals surface area contributed by atoms with Gasteiger partial charge in [0.25, 0.3) is 0 Å². The van der Waals surface area contributed by atoms with Crippen LogP contribution in [0.1, 0.15) is 40.5 Å². The van der Waals surface area contributed by atoms with Crippen LogP contribution in [0.5, 0.6) is 0 Å². The molecule has 0 heterocycles. The molecule has 18 heavy (non-hydrogen) atoms. The second-order valence-electron chi connectivity index (χ2n) is 4.44. The van der Waals surface area contributed by atoms with Gasteiger partial charge in [-0.25, -0.2) is 0 Å². The third-order valence-corrected chi connectivity index (χ3v) is 2.84. The molecule has 0 unspecified atom stereocenters. The van der Waals surface area contributed by atoms with Crippen molar-refractivity contribution in [1.82, 2.24) is 10.6 Å². The van der Waals surface area contributed by atoms with Gasteiger partial charge in [0, 0.05) is 37.6 Å². The average molecular weight is 254 g/mol. The van der Waals surface area contributed by atoms with Gasteiger partial charge in [-0.3, -0.25) is 9.98 Å². The Bertz CT molecular complexity index is 220. The average Bonchev–Trinajstić information content (AvgIpc) is 2.40. The molecule has 0 atom stereocenters. The third kappa shape index (κ3) is 11.7. The summed E-state index contributed by atoms with van der Waals surface area (Å²) in [5, 5.41) is 6.74. The topological polar surface area (TPSA) is 48.8 Å². The number of nitrogens with zero attached hydrogens (tertiary/aromatic N) is 2. The summed E-state index contributed by atoms with van der Waals surface area (Å²) < 4.78 is 0. The van der Waals surface area contributed by atoms with E-state index in [9.17, 15) is 0 Å². The first-order chi connectivity index (χ1) is 8.70. The lowest BCUT2D eigenvalue weighted by Gasteiger charge is -2.05. The van der Waals surface area contributed by atoms with E-state index in [1.807, 2.05) is 0 Å². The lowest BCUT2D eigenvalue weighted by molar-refractivity contribution is 0.618. The minimum atomic E-state index is 0.889. The molecule has 0 saturated heterocycles. The Hall–Kier alpha value is -0.740. The second kappa shape index (κ2) is 12.7. The van der Waals surface area contributed by atoms with E-state index in [-0.39, 0.29) is 0 Å². The normalized spacial score (nSPS) is 13.1. The molecule has 4 heteroatoms. The number of rotatable bonds is 11. The lowest BCUT2D eigenvalue weighted by Crippen LogP contribution is -2.30. The highest BCUT2D eigenvalue weighted by Gasteiger charge is 1.89. The van der Waals surface area contributed by atoms with E-state index in [0.717, 1.165) is 52.1 Å². The molecule has 106 valence electrons. The van der Waals surface area contributed by atoms with Crippen LogP contribution in [0, 0.1) is 0 Å². The molecule has 0 spiro atoms. The van der Waals surface area contributed by atoms with E-state index in [0.29, 0.717) is 0 Å². The van der Waals surface area contributed by atoms with Crippen molar-refractivity contribution in [2.75, 3.05) is 39.3 Å². The van der Waals surface area contributed by atoms with Gasteiger partial charge in [0.15, 0.2) is 0 Å². The summed E-state index contributed by atoms with van der Waals surface area (Å²) in [5.41, 5.74) is 2.47. The Morgan fingerprint density at radius 2 is 1.11 bits per heavy atom. The van der Waals surface area contributed by atoms with Crippen LogP contribution in [-0.4, -0.2) is 50.7 Å². The van der Waals surface area contributed by atoms with Crippen LogP contribution in [0.4, 0.5) is 0 Å². The zero-order valence-corrected chi connectivity index (χ0v) is 12.6. The summed E-state index contributed by atoms with van der Waals surface area (Å²) >= 11 is 0. The number of nitrogens with one attached hydrogen (secondary N) is 2. The summed E-state index contributed by atoms with van der Waals surface area (Å²) in [4.78, 5) is 8.87. The Kier molecular flexibility index (Phi) is 12.2. The van der Waals surface area contributed by atoms with Crippen molar-refractivity contribution in [3.05, 3.63) is 0 Å². The fraction of sp³-hybridized carbons (Fsp3) is 0.857. The van der Waals surface area contributed by atoms with E-state index in [4.69, 9.17) is 0 Å². The number of aliphatic imine (C=N–C) groups is 2. The summed E-state index contributed by atoms with van der Waals surface area (Å²) in [6.45, 7) is 14.1. The van der Waals surface area contributed by atoms with Gasteiger partial charge in [0.1, 0.15) is 0 Å². The molecule has 0 amide bonds. The Morgan fingerprint density at radius 1 is 0.722 bits per heavy atom. The lowest BCUT2D eigenvalue weighted by atomic mass is 10.3. The van der Waals surface area contributed by atoms with Crippen LogP contribution >= 0.6 is 0 Å². The smallest absolute Gasteiger partial charge is 0.0513 e. The van der Waals surface area contributed by atoms with Crippen LogP contribution in [0.25, 0.3) is 0 Å². The van der Waals surface area contributed by atoms with Gasteiger partial charge in [-0.1, -0.05) is 13.8 Å². The van der Waals surface area contributed by atoms with Crippen molar-refractivity contribution in [2.24, 2.45) is 9.98 Å². The van der Waals surface area contributed by atoms with Crippen molar-refractivity contribution in [2.45, 2.75) is 40.5 Å². The maximum atomic E-state index is 4.43. The van der Waals surface area contributed by atoms with Crippen LogP contribution in [0.2, 0.25) is 0 Å². The molecule has 2 N–H and O–H groups in total. The Morgan fingerprint density at radius 3 is 1.44 bits per heavy atom. The second-order valence-corrected chi connectivity index (χ2v) is 4.44. The number of hydrogen-bond acceptors (Lipinski definition) is 4. The molecule has 0 aromatic heterocycles. The van der Waals surface area contributed by atoms with Crippen LogP contribution in [-0.2, 0) is 0 Å². The van der Waals surface area contributed by atoms with Gasteiger partial charge in [-0.05, 0) is 26.7 Å². The molecule has 0 rings (SSSR count). The van der Waals surface area contributed by atoms with E-state index in [2.05, 4.69) is 48.3 Å². The first-order valence-corrected chi connectivity index (χ1v) is 7.12. The first kappa shape index (κ1) is 17.3. The molecule has 0 saturated carbocycles. The summed E-state index contributed by atoms with van der Waals surface area (Å²) in [5.74, 6) is 0. The molecule has 0 aliphatic rings. The van der Waals surface area contributed by atoms with Gasteiger partial charge >= 0.3 is 0 Å². The van der Waals surface area contributed by atoms with Crippen LogP contribution in [0.3, 0.4) is 0 Å². The zero-order chi connectivity index (χ0) is 13.6. The van der Waals surface area contributed by atoms with Gasteiger partial charge < -0.3 is 10.6 Å². The largest absolute Gasteiger partial charge is 0.314 e. The maximum absolute atomic E-state index is 4.43. The highest BCUT2D eigenvalue weighted by atomic mass is 15.0.